The number of nitrogens with one attached hydrogen (secondary N) is 1. The van der Waals surface area contributed by atoms with E-state index >= 15 is 0 Å². The van der Waals surface area contributed by atoms with Gasteiger partial charge in [-0.3, -0.25) is 4.90 Å². The summed E-state index contributed by atoms with van der Waals surface area (Å²) in [6.07, 6.45) is 6.06. The molecule has 1 aliphatic rings. The Morgan fingerprint density at radius 1 is 1.48 bits per heavy atom. The molecule has 9 nitrogen and oxygen atoms in total. The van der Waals surface area contributed by atoms with Crippen molar-refractivity contribution in [2.75, 3.05) is 31.6 Å². The lowest BCUT2D eigenvalue weighted by atomic mass is 10.1. The average Bonchev–Trinajstić information content (AvgIpc) is 3.17. The fourth-order valence-electron chi connectivity index (χ4n) is 3.41. The van der Waals surface area contributed by atoms with Gasteiger partial charge in [-0.25, -0.2) is 19.7 Å². The molecule has 1 saturated heterocycles. The maximum atomic E-state index is 12.1. The number of nitriles is 1. The molecule has 27 heavy (non-hydrogen) atoms. The van der Waals surface area contributed by atoms with Crippen molar-refractivity contribution in [2.45, 2.75) is 18.9 Å². The summed E-state index contributed by atoms with van der Waals surface area (Å²) >= 11 is 0. The molecule has 1 N–H and O–H groups in total. The van der Waals surface area contributed by atoms with Gasteiger partial charge in [-0.05, 0) is 18.9 Å². The number of fused-ring (bicyclic) bond motifs is 3. The van der Waals surface area contributed by atoms with Crippen LogP contribution in [0.2, 0.25) is 0 Å². The van der Waals surface area contributed by atoms with Gasteiger partial charge in [0.25, 0.3) is 0 Å². The number of carbonyl (C=O) groups is 1. The Balaban J connectivity index is 1.61. The van der Waals surface area contributed by atoms with E-state index in [1.807, 2.05) is 18.3 Å². The second kappa shape index (κ2) is 7.07. The van der Waals surface area contributed by atoms with Crippen LogP contribution < -0.4 is 4.90 Å². The number of aromatic nitrogens is 4. The Morgan fingerprint density at radius 3 is 3.22 bits per heavy atom. The van der Waals surface area contributed by atoms with Crippen LogP contribution in [-0.4, -0.2) is 63.7 Å². The fourth-order valence-corrected chi connectivity index (χ4v) is 3.41. The highest BCUT2D eigenvalue weighted by molar-refractivity contribution is 6.08. The molecule has 138 valence electrons. The summed E-state index contributed by atoms with van der Waals surface area (Å²) in [5.74, 6) is 0.818. The second-order valence-electron chi connectivity index (χ2n) is 6.56. The van der Waals surface area contributed by atoms with E-state index in [-0.39, 0.29) is 12.6 Å². The Bertz CT molecular complexity index is 1030. The van der Waals surface area contributed by atoms with Crippen LogP contribution in [0.5, 0.6) is 0 Å². The molecule has 1 amide bonds. The van der Waals surface area contributed by atoms with Gasteiger partial charge in [-0.1, -0.05) is 0 Å². The van der Waals surface area contributed by atoms with Crippen LogP contribution in [0.25, 0.3) is 21.9 Å². The van der Waals surface area contributed by atoms with E-state index < -0.39 is 6.09 Å². The molecule has 3 aromatic rings. The molecule has 1 fully saturated rings. The molecule has 4 rings (SSSR count). The Kier molecular flexibility index (Phi) is 4.46. The van der Waals surface area contributed by atoms with Gasteiger partial charge >= 0.3 is 6.09 Å². The number of hydrogen-bond acceptors (Lipinski definition) is 7. The fraction of sp³-hybridized carbons (Fsp3) is 0.389. The number of aromatic amines is 1. The van der Waals surface area contributed by atoms with Crippen molar-refractivity contribution in [3.8, 4) is 6.07 Å². The van der Waals surface area contributed by atoms with Gasteiger partial charge in [0.05, 0.1) is 29.7 Å². The molecule has 4 heterocycles. The molecular formula is C18H19N7O2. The average molecular weight is 365 g/mol. The predicted octanol–water partition coefficient (Wildman–Crippen LogP) is 2.07. The molecule has 0 aliphatic carbocycles. The largest absolute Gasteiger partial charge is 0.444 e. The van der Waals surface area contributed by atoms with Gasteiger partial charge in [-0.15, -0.1) is 0 Å². The zero-order chi connectivity index (χ0) is 18.8. The van der Waals surface area contributed by atoms with Crippen LogP contribution in [0.4, 0.5) is 10.6 Å². The maximum absolute atomic E-state index is 12.1. The first-order valence-electron chi connectivity index (χ1n) is 8.78. The highest BCUT2D eigenvalue weighted by atomic mass is 16.6. The first-order chi connectivity index (χ1) is 13.2. The smallest absolute Gasteiger partial charge is 0.410 e. The molecular weight excluding hydrogens is 346 g/mol. The van der Waals surface area contributed by atoms with Crippen LogP contribution in [0, 0.1) is 11.3 Å². The van der Waals surface area contributed by atoms with Crippen molar-refractivity contribution in [3.63, 3.8) is 0 Å². The lowest BCUT2D eigenvalue weighted by Gasteiger charge is -2.34. The van der Waals surface area contributed by atoms with E-state index in [9.17, 15) is 4.79 Å². The molecule has 0 aromatic carbocycles. The zero-order valence-corrected chi connectivity index (χ0v) is 14.9. The monoisotopic (exact) mass is 365 g/mol. The molecule has 0 spiro atoms. The van der Waals surface area contributed by atoms with Crippen LogP contribution in [0.3, 0.4) is 0 Å². The highest BCUT2D eigenvalue weighted by Crippen LogP contribution is 2.31. The van der Waals surface area contributed by atoms with E-state index in [1.165, 1.54) is 11.2 Å². The molecule has 1 unspecified atom stereocenters. The molecule has 3 aromatic heterocycles. The molecule has 1 atom stereocenters. The van der Waals surface area contributed by atoms with Crippen molar-refractivity contribution >= 4 is 33.8 Å². The Labute approximate surface area is 155 Å². The summed E-state index contributed by atoms with van der Waals surface area (Å²) in [6, 6.07) is 3.91. The van der Waals surface area contributed by atoms with E-state index in [0.717, 1.165) is 47.1 Å². The first kappa shape index (κ1) is 17.0. The lowest BCUT2D eigenvalue weighted by Crippen LogP contribution is -2.43. The van der Waals surface area contributed by atoms with Crippen molar-refractivity contribution < 1.29 is 9.53 Å². The number of H-pyrrole nitrogens is 1. The number of ether oxygens (including phenoxy) is 1. The van der Waals surface area contributed by atoms with E-state index in [2.05, 4.69) is 24.8 Å². The Hall–Kier alpha value is -3.41. The minimum Gasteiger partial charge on any atom is -0.444 e. The first-order valence-corrected chi connectivity index (χ1v) is 8.78. The second-order valence-corrected chi connectivity index (χ2v) is 6.56. The lowest BCUT2D eigenvalue weighted by molar-refractivity contribution is 0.0646. The Morgan fingerprint density at radius 2 is 2.37 bits per heavy atom. The molecule has 0 radical (unpaired) electrons. The van der Waals surface area contributed by atoms with Crippen molar-refractivity contribution in [2.24, 2.45) is 0 Å². The third-order valence-electron chi connectivity index (χ3n) is 4.73. The summed E-state index contributed by atoms with van der Waals surface area (Å²) in [5, 5.41) is 10.6. The number of anilines is 1. The van der Waals surface area contributed by atoms with Crippen LogP contribution in [0.15, 0.2) is 24.8 Å². The summed E-state index contributed by atoms with van der Waals surface area (Å²) in [6.45, 7) is 1.37. The standard InChI is InChI=1S/C18H19N7O2/c1-24(8-5-19)18(26)27-12-3-2-7-25(10-12)17-15-13-4-6-20-16(13)21-9-14(15)22-11-23-17/h4,6,9,11-12H,2-3,7-8,10H2,1H3,(H,20,21). The summed E-state index contributed by atoms with van der Waals surface area (Å²) < 4.78 is 5.57. The number of nitrogens with zero attached hydrogens (tertiary/aromatic N) is 6. The van der Waals surface area contributed by atoms with Gasteiger partial charge < -0.3 is 14.6 Å². The van der Waals surface area contributed by atoms with Gasteiger partial charge in [0.15, 0.2) is 0 Å². The molecule has 9 heteroatoms. The topological polar surface area (TPSA) is 111 Å². The highest BCUT2D eigenvalue weighted by Gasteiger charge is 2.27. The van der Waals surface area contributed by atoms with Crippen LogP contribution in [-0.2, 0) is 4.74 Å². The summed E-state index contributed by atoms with van der Waals surface area (Å²) in [4.78, 5) is 31.8. The molecule has 0 saturated carbocycles. The number of pyridine rings is 1. The summed E-state index contributed by atoms with van der Waals surface area (Å²) in [7, 11) is 1.56. The minimum atomic E-state index is -0.479. The maximum Gasteiger partial charge on any atom is 0.410 e. The van der Waals surface area contributed by atoms with Gasteiger partial charge in [0.2, 0.25) is 0 Å². The van der Waals surface area contributed by atoms with Gasteiger partial charge in [0, 0.05) is 25.2 Å². The summed E-state index contributed by atoms with van der Waals surface area (Å²) in [5.41, 5.74) is 1.57. The van der Waals surface area contributed by atoms with Crippen molar-refractivity contribution in [3.05, 3.63) is 24.8 Å². The quantitative estimate of drug-likeness (QED) is 0.707. The number of carbonyl (C=O) groups excluding carboxylic acids is 1. The van der Waals surface area contributed by atoms with Crippen LogP contribution in [0.1, 0.15) is 12.8 Å². The number of rotatable bonds is 3. The third kappa shape index (κ3) is 3.21. The van der Waals surface area contributed by atoms with Gasteiger partial charge in [-0.2, -0.15) is 5.26 Å². The SMILES string of the molecule is CN(CC#N)C(=O)OC1CCCN(c2ncnc3cnc4[nH]ccc4c23)C1. The van der Waals surface area contributed by atoms with E-state index in [1.54, 1.807) is 13.2 Å². The van der Waals surface area contributed by atoms with E-state index in [0.29, 0.717) is 6.54 Å². The molecule has 1 aliphatic heterocycles. The number of amides is 1. The van der Waals surface area contributed by atoms with Gasteiger partial charge in [0.1, 0.15) is 30.4 Å². The third-order valence-corrected chi connectivity index (χ3v) is 4.73. The normalized spacial score (nSPS) is 17.0. The predicted molar refractivity (Wildman–Crippen MR) is 99.1 cm³/mol. The van der Waals surface area contributed by atoms with E-state index in [4.69, 9.17) is 10.00 Å². The number of hydrogen-bond donors (Lipinski definition) is 1. The van der Waals surface area contributed by atoms with Crippen molar-refractivity contribution in [1.29, 1.82) is 5.26 Å². The minimum absolute atomic E-state index is 0.00425. The molecule has 0 bridgehead atoms. The van der Waals surface area contributed by atoms with Crippen LogP contribution >= 0.6 is 0 Å². The zero-order valence-electron chi connectivity index (χ0n) is 14.9. The number of piperidine rings is 1. The van der Waals surface area contributed by atoms with Crippen molar-refractivity contribution in [1.82, 2.24) is 24.8 Å².